The minimum atomic E-state index is 0.667. The lowest BCUT2D eigenvalue weighted by Crippen LogP contribution is -2.28. The van der Waals surface area contributed by atoms with Crippen molar-refractivity contribution in [1.29, 1.82) is 0 Å². The molecule has 0 radical (unpaired) electrons. The van der Waals surface area contributed by atoms with Gasteiger partial charge < -0.3 is 0 Å². The molecule has 0 bridgehead atoms. The van der Waals surface area contributed by atoms with Gasteiger partial charge in [0.15, 0.2) is 0 Å². The Kier molecular flexibility index (Phi) is 0.864. The summed E-state index contributed by atoms with van der Waals surface area (Å²) in [4.78, 5) is 0. The van der Waals surface area contributed by atoms with Crippen molar-refractivity contribution in [3.63, 3.8) is 0 Å². The molecule has 0 saturated heterocycles. The van der Waals surface area contributed by atoms with Crippen LogP contribution in [-0.4, -0.2) is 15.0 Å². The van der Waals surface area contributed by atoms with Gasteiger partial charge in [-0.3, -0.25) is 0 Å². The van der Waals surface area contributed by atoms with Crippen LogP contribution in [0, 0.1) is 5.41 Å². The van der Waals surface area contributed by atoms with Crippen molar-refractivity contribution < 1.29 is 0 Å². The minimum absolute atomic E-state index is 0.667. The van der Waals surface area contributed by atoms with Crippen LogP contribution in [0.4, 0.5) is 0 Å². The Morgan fingerprint density at radius 1 is 1.36 bits per heavy atom. The van der Waals surface area contributed by atoms with Crippen molar-refractivity contribution in [1.82, 2.24) is 15.0 Å². The predicted molar refractivity (Wildman–Crippen MR) is 40.0 cm³/mol. The summed E-state index contributed by atoms with van der Waals surface area (Å²) in [7, 11) is 0. The standard InChI is InChI=1S/C8H11N3/c1-2-8(1)5-7(6-8)11-4-3-9-10-11/h3-4,7H,1-2,5-6H2. The summed E-state index contributed by atoms with van der Waals surface area (Å²) < 4.78 is 2.00. The second kappa shape index (κ2) is 1.65. The molecule has 0 unspecified atom stereocenters. The normalized spacial score (nSPS) is 26.9. The summed E-state index contributed by atoms with van der Waals surface area (Å²) in [6.45, 7) is 0. The van der Waals surface area contributed by atoms with Crippen LogP contribution in [0.3, 0.4) is 0 Å². The first-order valence-corrected chi connectivity index (χ1v) is 4.24. The Morgan fingerprint density at radius 2 is 2.18 bits per heavy atom. The first-order valence-electron chi connectivity index (χ1n) is 4.24. The van der Waals surface area contributed by atoms with E-state index in [9.17, 15) is 0 Å². The predicted octanol–water partition coefficient (Wildman–Crippen LogP) is 1.39. The van der Waals surface area contributed by atoms with E-state index in [1.807, 2.05) is 10.9 Å². The van der Waals surface area contributed by atoms with Crippen LogP contribution in [0.1, 0.15) is 31.7 Å². The molecule has 3 nitrogen and oxygen atoms in total. The molecular weight excluding hydrogens is 138 g/mol. The highest BCUT2D eigenvalue weighted by atomic mass is 15.4. The summed E-state index contributed by atoms with van der Waals surface area (Å²) >= 11 is 0. The van der Waals surface area contributed by atoms with E-state index in [0.717, 1.165) is 5.41 Å². The fourth-order valence-electron chi connectivity index (χ4n) is 2.12. The van der Waals surface area contributed by atoms with E-state index in [4.69, 9.17) is 0 Å². The summed E-state index contributed by atoms with van der Waals surface area (Å²) in [5.74, 6) is 0. The zero-order valence-corrected chi connectivity index (χ0v) is 6.40. The Balaban J connectivity index is 1.75. The number of aromatic nitrogens is 3. The molecule has 3 heteroatoms. The molecule has 0 aliphatic heterocycles. The maximum atomic E-state index is 4.00. The maximum Gasteiger partial charge on any atom is 0.0693 e. The van der Waals surface area contributed by atoms with Crippen molar-refractivity contribution in [3.8, 4) is 0 Å². The third-order valence-electron chi connectivity index (χ3n) is 3.11. The highest BCUT2D eigenvalue weighted by Gasteiger charge is 2.53. The van der Waals surface area contributed by atoms with Crippen LogP contribution in [0.2, 0.25) is 0 Å². The van der Waals surface area contributed by atoms with Gasteiger partial charge in [-0.15, -0.1) is 5.10 Å². The molecule has 2 saturated carbocycles. The highest BCUT2D eigenvalue weighted by Crippen LogP contribution is 2.64. The molecule has 1 spiro atoms. The summed E-state index contributed by atoms with van der Waals surface area (Å²) in [5.41, 5.74) is 0.774. The molecule has 0 amide bonds. The average Bonchev–Trinajstić information content (AvgIpc) is 2.57. The van der Waals surface area contributed by atoms with Gasteiger partial charge in [0.05, 0.1) is 12.2 Å². The van der Waals surface area contributed by atoms with Crippen LogP contribution in [0.5, 0.6) is 0 Å². The summed E-state index contributed by atoms with van der Waals surface area (Å²) in [6, 6.07) is 0.667. The molecule has 1 aromatic rings. The lowest BCUT2D eigenvalue weighted by molar-refractivity contribution is 0.159. The van der Waals surface area contributed by atoms with Gasteiger partial charge in [0.2, 0.25) is 0 Å². The number of hydrogen-bond acceptors (Lipinski definition) is 2. The molecule has 2 aliphatic carbocycles. The molecule has 0 aromatic carbocycles. The van der Waals surface area contributed by atoms with Crippen molar-refractivity contribution in [2.24, 2.45) is 5.41 Å². The first-order chi connectivity index (χ1) is 5.38. The van der Waals surface area contributed by atoms with E-state index < -0.39 is 0 Å². The molecule has 2 aliphatic rings. The number of rotatable bonds is 1. The third-order valence-corrected chi connectivity index (χ3v) is 3.11. The molecule has 1 aromatic heterocycles. The van der Waals surface area contributed by atoms with Gasteiger partial charge in [0.25, 0.3) is 0 Å². The Bertz CT molecular complexity index is 253. The fraction of sp³-hybridized carbons (Fsp3) is 0.750. The molecular formula is C8H11N3. The second-order valence-corrected chi connectivity index (χ2v) is 3.95. The van der Waals surface area contributed by atoms with E-state index in [2.05, 4.69) is 10.3 Å². The quantitative estimate of drug-likeness (QED) is 0.604. The van der Waals surface area contributed by atoms with Crippen LogP contribution in [0.25, 0.3) is 0 Å². The minimum Gasteiger partial charge on any atom is -0.249 e. The van der Waals surface area contributed by atoms with Gasteiger partial charge >= 0.3 is 0 Å². The van der Waals surface area contributed by atoms with E-state index in [-0.39, 0.29) is 0 Å². The number of nitrogens with zero attached hydrogens (tertiary/aromatic N) is 3. The molecule has 3 rings (SSSR count). The van der Waals surface area contributed by atoms with Crippen LogP contribution in [0.15, 0.2) is 12.4 Å². The van der Waals surface area contributed by atoms with Crippen LogP contribution in [-0.2, 0) is 0 Å². The van der Waals surface area contributed by atoms with Gasteiger partial charge in [-0.25, -0.2) is 4.68 Å². The van der Waals surface area contributed by atoms with E-state index in [1.54, 1.807) is 6.20 Å². The second-order valence-electron chi connectivity index (χ2n) is 3.95. The van der Waals surface area contributed by atoms with Crippen LogP contribution < -0.4 is 0 Å². The summed E-state index contributed by atoms with van der Waals surface area (Å²) in [6.07, 6.45) is 9.33. The lowest BCUT2D eigenvalue weighted by Gasteiger charge is -2.35. The Labute approximate surface area is 65.4 Å². The molecule has 11 heavy (non-hydrogen) atoms. The molecule has 58 valence electrons. The van der Waals surface area contributed by atoms with Gasteiger partial charge in [-0.2, -0.15) is 0 Å². The smallest absolute Gasteiger partial charge is 0.0693 e. The molecule has 2 fully saturated rings. The van der Waals surface area contributed by atoms with Crippen molar-refractivity contribution >= 4 is 0 Å². The highest BCUT2D eigenvalue weighted by molar-refractivity contribution is 5.05. The largest absolute Gasteiger partial charge is 0.249 e. The van der Waals surface area contributed by atoms with Crippen molar-refractivity contribution in [2.45, 2.75) is 31.7 Å². The third kappa shape index (κ3) is 0.737. The van der Waals surface area contributed by atoms with E-state index in [1.165, 1.54) is 25.7 Å². The lowest BCUT2D eigenvalue weighted by atomic mass is 9.77. The van der Waals surface area contributed by atoms with Gasteiger partial charge in [0.1, 0.15) is 0 Å². The summed E-state index contributed by atoms with van der Waals surface area (Å²) in [5, 5.41) is 7.80. The number of hydrogen-bond donors (Lipinski definition) is 0. The van der Waals surface area contributed by atoms with Crippen molar-refractivity contribution in [3.05, 3.63) is 12.4 Å². The van der Waals surface area contributed by atoms with Gasteiger partial charge in [-0.05, 0) is 31.1 Å². The monoisotopic (exact) mass is 149 g/mol. The van der Waals surface area contributed by atoms with Gasteiger partial charge in [0, 0.05) is 6.20 Å². The Morgan fingerprint density at radius 3 is 2.73 bits per heavy atom. The SMILES string of the molecule is c1cn(C2CC3(CC3)C2)nn1. The molecule has 0 atom stereocenters. The topological polar surface area (TPSA) is 30.7 Å². The average molecular weight is 149 g/mol. The van der Waals surface area contributed by atoms with Gasteiger partial charge in [-0.1, -0.05) is 5.21 Å². The van der Waals surface area contributed by atoms with E-state index >= 15 is 0 Å². The molecule has 1 heterocycles. The van der Waals surface area contributed by atoms with Crippen LogP contribution >= 0.6 is 0 Å². The molecule has 0 N–H and O–H groups in total. The zero-order valence-electron chi connectivity index (χ0n) is 6.40. The van der Waals surface area contributed by atoms with E-state index in [0.29, 0.717) is 6.04 Å². The Hall–Kier alpha value is -0.860. The first kappa shape index (κ1) is 5.75. The maximum absolute atomic E-state index is 4.00. The zero-order chi connectivity index (χ0) is 7.31. The fourth-order valence-corrected chi connectivity index (χ4v) is 2.12. The van der Waals surface area contributed by atoms with Crippen molar-refractivity contribution in [2.75, 3.05) is 0 Å².